The lowest BCUT2D eigenvalue weighted by Gasteiger charge is -2.14. The van der Waals surface area contributed by atoms with E-state index in [1.54, 1.807) is 12.3 Å². The van der Waals surface area contributed by atoms with Gasteiger partial charge in [-0.3, -0.25) is 0 Å². The number of carboxylic acid groups (broad SMARTS) is 1. The average Bonchev–Trinajstić information content (AvgIpc) is 3.43. The molecule has 29 heavy (non-hydrogen) atoms. The molecule has 0 unspecified atom stereocenters. The number of nitrogens with zero attached hydrogens (tertiary/aromatic N) is 1. The molecule has 5 rings (SSSR count). The number of carbonyl (C=O) groups is 1. The third-order valence-corrected chi connectivity index (χ3v) is 5.92. The number of hydrogen-bond acceptors (Lipinski definition) is 3. The van der Waals surface area contributed by atoms with Gasteiger partial charge in [0, 0.05) is 22.7 Å². The summed E-state index contributed by atoms with van der Waals surface area (Å²) in [5.41, 5.74) is 5.99. The molecule has 2 aromatic heterocycles. The highest BCUT2D eigenvalue weighted by atomic mass is 16.4. The summed E-state index contributed by atoms with van der Waals surface area (Å²) in [6.07, 6.45) is 7.97. The summed E-state index contributed by atoms with van der Waals surface area (Å²) in [7, 11) is 0. The number of benzene rings is 2. The molecule has 1 N–H and O–H groups in total. The third-order valence-electron chi connectivity index (χ3n) is 5.92. The van der Waals surface area contributed by atoms with Crippen LogP contribution < -0.4 is 0 Å². The number of hydrogen-bond donors (Lipinski definition) is 1. The number of pyridine rings is 1. The molecule has 144 valence electrons. The van der Waals surface area contributed by atoms with E-state index >= 15 is 0 Å². The van der Waals surface area contributed by atoms with E-state index in [0.717, 1.165) is 58.9 Å². The van der Waals surface area contributed by atoms with Crippen molar-refractivity contribution < 1.29 is 14.3 Å². The second kappa shape index (κ2) is 7.21. The largest absolute Gasteiger partial charge is 0.478 e. The fourth-order valence-electron chi connectivity index (χ4n) is 4.43. The molecule has 1 aliphatic carbocycles. The number of fused-ring (bicyclic) bond motifs is 1. The van der Waals surface area contributed by atoms with Gasteiger partial charge in [-0.15, -0.1) is 0 Å². The van der Waals surface area contributed by atoms with Crippen molar-refractivity contribution in [2.45, 2.75) is 31.6 Å². The van der Waals surface area contributed by atoms with Gasteiger partial charge < -0.3 is 9.52 Å². The van der Waals surface area contributed by atoms with Gasteiger partial charge in [-0.1, -0.05) is 49.2 Å². The molecule has 4 aromatic rings. The van der Waals surface area contributed by atoms with Crippen LogP contribution in [0.3, 0.4) is 0 Å². The first-order valence-corrected chi connectivity index (χ1v) is 10.0. The molecule has 2 aromatic carbocycles. The van der Waals surface area contributed by atoms with Gasteiger partial charge in [0.05, 0.1) is 5.56 Å². The van der Waals surface area contributed by atoms with Crippen LogP contribution in [-0.4, -0.2) is 16.1 Å². The summed E-state index contributed by atoms with van der Waals surface area (Å²) in [5.74, 6) is -0.541. The Morgan fingerprint density at radius 2 is 1.76 bits per heavy atom. The molecule has 1 saturated carbocycles. The number of furan rings is 1. The predicted octanol–water partition coefficient (Wildman–Crippen LogP) is 6.52. The molecule has 0 aliphatic heterocycles. The number of rotatable bonds is 4. The Bertz CT molecular complexity index is 1190. The van der Waals surface area contributed by atoms with E-state index in [0.29, 0.717) is 17.2 Å². The lowest BCUT2D eigenvalue weighted by Crippen LogP contribution is -2.05. The van der Waals surface area contributed by atoms with E-state index in [1.165, 1.54) is 0 Å². The minimum Gasteiger partial charge on any atom is -0.478 e. The fraction of sp³-hybridized carbons (Fsp3) is 0.200. The Labute approximate surface area is 168 Å². The zero-order chi connectivity index (χ0) is 19.8. The van der Waals surface area contributed by atoms with Crippen molar-refractivity contribution in [1.82, 2.24) is 4.98 Å². The predicted molar refractivity (Wildman–Crippen MR) is 113 cm³/mol. The van der Waals surface area contributed by atoms with Crippen LogP contribution in [0.15, 0.2) is 71.5 Å². The molecule has 0 radical (unpaired) electrons. The Morgan fingerprint density at radius 1 is 0.966 bits per heavy atom. The first-order chi connectivity index (χ1) is 14.2. The van der Waals surface area contributed by atoms with Crippen LogP contribution in [0, 0.1) is 0 Å². The molecule has 1 fully saturated rings. The van der Waals surface area contributed by atoms with Crippen LogP contribution in [0.1, 0.15) is 47.5 Å². The molecular formula is C25H21NO3. The van der Waals surface area contributed by atoms with Crippen molar-refractivity contribution in [2.24, 2.45) is 0 Å². The minimum atomic E-state index is -0.858. The molecule has 2 heterocycles. The first-order valence-electron chi connectivity index (χ1n) is 10.0. The summed E-state index contributed by atoms with van der Waals surface area (Å²) in [4.78, 5) is 16.3. The molecule has 4 nitrogen and oxygen atoms in total. The summed E-state index contributed by atoms with van der Waals surface area (Å²) in [6.45, 7) is 0. The van der Waals surface area contributed by atoms with Gasteiger partial charge in [-0.2, -0.15) is 0 Å². The van der Waals surface area contributed by atoms with Crippen molar-refractivity contribution in [3.63, 3.8) is 0 Å². The Morgan fingerprint density at radius 3 is 2.52 bits per heavy atom. The van der Waals surface area contributed by atoms with Gasteiger partial charge in [0.1, 0.15) is 6.26 Å². The van der Waals surface area contributed by atoms with Gasteiger partial charge in [0.25, 0.3) is 0 Å². The van der Waals surface area contributed by atoms with Crippen molar-refractivity contribution in [3.8, 4) is 22.3 Å². The average molecular weight is 383 g/mol. The monoisotopic (exact) mass is 383 g/mol. The van der Waals surface area contributed by atoms with Gasteiger partial charge in [-0.05, 0) is 53.6 Å². The molecule has 0 atom stereocenters. The third kappa shape index (κ3) is 3.21. The standard InChI is InChI=1S/C25H21NO3/c27-25(28)20-11-10-18(12-21(20)17-8-4-5-9-17)23-15-29-24-22(23)13-19(14-26-24)16-6-2-1-3-7-16/h1-3,6-7,10-15,17H,4-5,8-9H2,(H,27,28). The second-order valence-electron chi connectivity index (χ2n) is 7.68. The van der Waals surface area contributed by atoms with E-state index < -0.39 is 5.97 Å². The van der Waals surface area contributed by atoms with E-state index in [1.807, 2.05) is 36.5 Å². The zero-order valence-electron chi connectivity index (χ0n) is 16.0. The smallest absolute Gasteiger partial charge is 0.335 e. The lowest BCUT2D eigenvalue weighted by atomic mass is 9.89. The SMILES string of the molecule is O=C(O)c1ccc(-c2coc3ncc(-c4ccccc4)cc23)cc1C1CCCC1. The Kier molecular flexibility index (Phi) is 4.39. The normalized spacial score (nSPS) is 14.5. The number of aromatic nitrogens is 1. The van der Waals surface area contributed by atoms with Crippen molar-refractivity contribution in [1.29, 1.82) is 0 Å². The number of carboxylic acids is 1. The van der Waals surface area contributed by atoms with Crippen LogP contribution in [0.4, 0.5) is 0 Å². The highest BCUT2D eigenvalue weighted by molar-refractivity contribution is 5.96. The summed E-state index contributed by atoms with van der Waals surface area (Å²) < 4.78 is 5.71. The maximum atomic E-state index is 11.8. The first kappa shape index (κ1) is 17.7. The number of aromatic carboxylic acids is 1. The van der Waals surface area contributed by atoms with E-state index in [4.69, 9.17) is 4.42 Å². The van der Waals surface area contributed by atoms with Gasteiger partial charge in [0.15, 0.2) is 0 Å². The highest BCUT2D eigenvalue weighted by Crippen LogP contribution is 2.39. The van der Waals surface area contributed by atoms with Crippen molar-refractivity contribution in [2.75, 3.05) is 0 Å². The lowest BCUT2D eigenvalue weighted by molar-refractivity contribution is 0.0695. The maximum absolute atomic E-state index is 11.8. The molecule has 0 spiro atoms. The fourth-order valence-corrected chi connectivity index (χ4v) is 4.43. The molecular weight excluding hydrogens is 362 g/mol. The summed E-state index contributed by atoms with van der Waals surface area (Å²) in [5, 5.41) is 10.6. The van der Waals surface area contributed by atoms with Gasteiger partial charge in [-0.25, -0.2) is 9.78 Å². The Balaban J connectivity index is 1.63. The molecule has 0 bridgehead atoms. The van der Waals surface area contributed by atoms with Crippen LogP contribution in [0.5, 0.6) is 0 Å². The van der Waals surface area contributed by atoms with E-state index in [2.05, 4.69) is 23.2 Å². The van der Waals surface area contributed by atoms with Gasteiger partial charge in [0.2, 0.25) is 5.71 Å². The second-order valence-corrected chi connectivity index (χ2v) is 7.68. The van der Waals surface area contributed by atoms with Gasteiger partial charge >= 0.3 is 5.97 Å². The molecule has 0 amide bonds. The molecule has 0 saturated heterocycles. The molecule has 1 aliphatic rings. The summed E-state index contributed by atoms with van der Waals surface area (Å²) >= 11 is 0. The zero-order valence-corrected chi connectivity index (χ0v) is 16.0. The summed E-state index contributed by atoms with van der Waals surface area (Å²) in [6, 6.07) is 17.9. The minimum absolute atomic E-state index is 0.317. The highest BCUT2D eigenvalue weighted by Gasteiger charge is 2.23. The van der Waals surface area contributed by atoms with Crippen LogP contribution in [0.25, 0.3) is 33.4 Å². The van der Waals surface area contributed by atoms with E-state index in [-0.39, 0.29) is 0 Å². The van der Waals surface area contributed by atoms with Crippen LogP contribution >= 0.6 is 0 Å². The van der Waals surface area contributed by atoms with E-state index in [9.17, 15) is 9.90 Å². The van der Waals surface area contributed by atoms with Crippen LogP contribution in [0.2, 0.25) is 0 Å². The Hall–Kier alpha value is -3.40. The van der Waals surface area contributed by atoms with Crippen LogP contribution in [-0.2, 0) is 0 Å². The van der Waals surface area contributed by atoms with Crippen molar-refractivity contribution in [3.05, 3.63) is 78.2 Å². The molecule has 4 heteroatoms. The maximum Gasteiger partial charge on any atom is 0.335 e. The van der Waals surface area contributed by atoms with Crippen molar-refractivity contribution >= 4 is 17.1 Å². The topological polar surface area (TPSA) is 63.3 Å². The quantitative estimate of drug-likeness (QED) is 0.436.